The molecule has 120 valence electrons. The van der Waals surface area contributed by atoms with E-state index in [1.54, 1.807) is 12.1 Å². The fraction of sp³-hybridized carbons (Fsp3) is 0. The van der Waals surface area contributed by atoms with Crippen molar-refractivity contribution in [1.82, 2.24) is 0 Å². The summed E-state index contributed by atoms with van der Waals surface area (Å²) in [4.78, 5) is -0.432. The zero-order chi connectivity index (χ0) is 17.0. The van der Waals surface area contributed by atoms with Gasteiger partial charge in [-0.05, 0) is 36.4 Å². The fourth-order valence-corrected chi connectivity index (χ4v) is 3.38. The van der Waals surface area contributed by atoms with Gasteiger partial charge in [0.2, 0.25) is 0 Å². The molecule has 11 heteroatoms. The minimum Gasteiger partial charge on any atom is -0.744 e. The Morgan fingerprint density at radius 1 is 0.696 bits per heavy atom. The van der Waals surface area contributed by atoms with Gasteiger partial charge in [-0.2, -0.15) is 0 Å². The second-order valence-corrected chi connectivity index (χ2v) is 8.41. The minimum absolute atomic E-state index is 0. The topological polar surface area (TPSA) is 114 Å². The summed E-state index contributed by atoms with van der Waals surface area (Å²) >= 11 is 6.10. The van der Waals surface area contributed by atoms with Crippen LogP contribution in [0.5, 0.6) is 0 Å². The van der Waals surface area contributed by atoms with Crippen molar-refractivity contribution in [2.75, 3.05) is 0 Å². The summed E-state index contributed by atoms with van der Waals surface area (Å²) in [5.74, 6) is 0. The van der Waals surface area contributed by atoms with E-state index in [9.17, 15) is 25.9 Å². The molecule has 0 N–H and O–H groups in total. The van der Waals surface area contributed by atoms with Crippen molar-refractivity contribution in [3.05, 3.63) is 57.5 Å². The van der Waals surface area contributed by atoms with E-state index in [0.717, 1.165) is 0 Å². The first-order valence-corrected chi connectivity index (χ1v) is 9.83. The van der Waals surface area contributed by atoms with Crippen LogP contribution in [0.1, 0.15) is 0 Å². The largest absolute Gasteiger partial charge is 2.00 e. The van der Waals surface area contributed by atoms with Crippen LogP contribution in [0.25, 0.3) is 0 Å². The first-order chi connectivity index (χ1) is 10.00. The van der Waals surface area contributed by atoms with E-state index in [2.05, 4.69) is 31.9 Å². The summed E-state index contributed by atoms with van der Waals surface area (Å²) in [5.41, 5.74) is 0. The van der Waals surface area contributed by atoms with Crippen molar-refractivity contribution in [2.24, 2.45) is 0 Å². The van der Waals surface area contributed by atoms with Crippen LogP contribution in [0.2, 0.25) is 0 Å². The predicted octanol–water partition coefficient (Wildman–Crippen LogP) is 2.70. The quantitative estimate of drug-likeness (QED) is 0.396. The SMILES string of the molecule is O=S(=O)([O-])c1cccc(Br)c1.O=S(=O)([O-])c1cccc(Br)c1.[Cd+2]. The maximum atomic E-state index is 10.4. The molecule has 6 nitrogen and oxygen atoms in total. The van der Waals surface area contributed by atoms with E-state index in [0.29, 0.717) is 8.95 Å². The van der Waals surface area contributed by atoms with Crippen LogP contribution >= 0.6 is 31.9 Å². The Hall–Kier alpha value is 0.142. The maximum Gasteiger partial charge on any atom is 2.00 e. The van der Waals surface area contributed by atoms with Crippen LogP contribution in [0.15, 0.2) is 67.3 Å². The Bertz CT molecular complexity index is 795. The average Bonchev–Trinajstić information content (AvgIpc) is 2.37. The van der Waals surface area contributed by atoms with Crippen LogP contribution in [-0.2, 0) is 47.5 Å². The van der Waals surface area contributed by atoms with E-state index >= 15 is 0 Å². The summed E-state index contributed by atoms with van der Waals surface area (Å²) in [7, 11) is -8.61. The Kier molecular flexibility index (Phi) is 9.64. The molecule has 0 saturated carbocycles. The zero-order valence-electron chi connectivity index (χ0n) is 11.3. The third kappa shape index (κ3) is 8.70. The summed E-state index contributed by atoms with van der Waals surface area (Å²) in [6.07, 6.45) is 0. The molecular formula is C12H8Br2CdO6S2. The Morgan fingerprint density at radius 3 is 1.17 bits per heavy atom. The van der Waals surface area contributed by atoms with Crippen LogP contribution in [0.3, 0.4) is 0 Å². The van der Waals surface area contributed by atoms with Gasteiger partial charge in [0.25, 0.3) is 0 Å². The van der Waals surface area contributed by atoms with E-state index in [1.807, 2.05) is 0 Å². The molecule has 0 aliphatic carbocycles. The third-order valence-corrected chi connectivity index (χ3v) is 4.82. The number of benzene rings is 2. The molecule has 23 heavy (non-hydrogen) atoms. The zero-order valence-corrected chi connectivity index (χ0v) is 20.2. The average molecular weight is 585 g/mol. The first-order valence-electron chi connectivity index (χ1n) is 5.43. The van der Waals surface area contributed by atoms with Crippen molar-refractivity contribution >= 4 is 52.1 Å². The summed E-state index contributed by atoms with van der Waals surface area (Å²) < 4.78 is 63.6. The van der Waals surface area contributed by atoms with Gasteiger partial charge in [-0.15, -0.1) is 0 Å². The number of halogens is 2. The molecule has 0 fully saturated rings. The normalized spacial score (nSPS) is 11.0. The molecule has 0 atom stereocenters. The molecule has 0 spiro atoms. The van der Waals surface area contributed by atoms with Gasteiger partial charge >= 0.3 is 27.3 Å². The smallest absolute Gasteiger partial charge is 0.744 e. The first kappa shape index (κ1) is 23.1. The van der Waals surface area contributed by atoms with Gasteiger partial charge in [0.05, 0.1) is 9.79 Å². The molecule has 2 aromatic rings. The second-order valence-electron chi connectivity index (χ2n) is 3.82. The van der Waals surface area contributed by atoms with Crippen molar-refractivity contribution in [2.45, 2.75) is 9.79 Å². The van der Waals surface area contributed by atoms with Gasteiger partial charge in [-0.25, -0.2) is 16.8 Å². The molecule has 0 heterocycles. The summed E-state index contributed by atoms with van der Waals surface area (Å²) in [6.45, 7) is 0. The Labute approximate surface area is 171 Å². The van der Waals surface area contributed by atoms with Gasteiger partial charge in [-0.1, -0.05) is 44.0 Å². The Balaban J connectivity index is 0.000000403. The molecule has 0 aliphatic rings. The molecule has 0 aromatic heterocycles. The van der Waals surface area contributed by atoms with Gasteiger partial charge in [-0.3, -0.25) is 0 Å². The van der Waals surface area contributed by atoms with Crippen molar-refractivity contribution in [3.8, 4) is 0 Å². The van der Waals surface area contributed by atoms with Crippen LogP contribution in [0, 0.1) is 0 Å². The minimum atomic E-state index is -4.31. The Morgan fingerprint density at radius 2 is 1.00 bits per heavy atom. The fourth-order valence-electron chi connectivity index (χ4n) is 1.25. The molecule has 0 saturated heterocycles. The third-order valence-electron chi connectivity index (χ3n) is 2.17. The van der Waals surface area contributed by atoms with E-state index in [1.165, 1.54) is 36.4 Å². The molecule has 2 rings (SSSR count). The van der Waals surface area contributed by atoms with Gasteiger partial charge in [0.15, 0.2) is 0 Å². The van der Waals surface area contributed by atoms with E-state index < -0.39 is 20.2 Å². The summed E-state index contributed by atoms with van der Waals surface area (Å²) in [5, 5.41) is 0. The van der Waals surface area contributed by atoms with Crippen LogP contribution in [0.4, 0.5) is 0 Å². The van der Waals surface area contributed by atoms with Gasteiger partial charge in [0.1, 0.15) is 20.2 Å². The van der Waals surface area contributed by atoms with Gasteiger partial charge in [0, 0.05) is 8.95 Å². The van der Waals surface area contributed by atoms with Gasteiger partial charge < -0.3 is 9.11 Å². The van der Waals surface area contributed by atoms with Crippen LogP contribution in [-0.4, -0.2) is 25.9 Å². The number of hydrogen-bond acceptors (Lipinski definition) is 6. The maximum absolute atomic E-state index is 10.4. The monoisotopic (exact) mass is 584 g/mol. The molecule has 0 aliphatic heterocycles. The molecule has 0 amide bonds. The van der Waals surface area contributed by atoms with Crippen molar-refractivity contribution in [3.63, 3.8) is 0 Å². The standard InChI is InChI=1S/2C6H5BrO3S.Cd/c2*7-5-2-1-3-6(4-5)11(8,9)10;/h2*1-4H,(H,8,9,10);/q;;+2/p-2. The second kappa shape index (κ2) is 9.58. The van der Waals surface area contributed by atoms with Crippen molar-refractivity contribution < 1.29 is 53.2 Å². The predicted molar refractivity (Wildman–Crippen MR) is 84.2 cm³/mol. The van der Waals surface area contributed by atoms with Crippen LogP contribution < -0.4 is 0 Å². The molecule has 0 bridgehead atoms. The molecule has 0 radical (unpaired) electrons. The van der Waals surface area contributed by atoms with Crippen molar-refractivity contribution in [1.29, 1.82) is 0 Å². The molecular weight excluding hydrogens is 576 g/mol. The number of hydrogen-bond donors (Lipinski definition) is 0. The molecule has 0 unspecified atom stereocenters. The van der Waals surface area contributed by atoms with E-state index in [-0.39, 0.29) is 37.1 Å². The summed E-state index contributed by atoms with van der Waals surface area (Å²) in [6, 6.07) is 11.3. The molecule has 2 aromatic carbocycles. The van der Waals surface area contributed by atoms with E-state index in [4.69, 9.17) is 0 Å². The number of rotatable bonds is 2.